The average molecular weight is 420 g/mol. The van der Waals surface area contributed by atoms with Gasteiger partial charge in [-0.05, 0) is 26.0 Å². The molecule has 0 aliphatic carbocycles. The fourth-order valence-corrected chi connectivity index (χ4v) is 3.74. The molecule has 0 unspecified atom stereocenters. The van der Waals surface area contributed by atoms with Gasteiger partial charge in [-0.3, -0.25) is 19.3 Å². The lowest BCUT2D eigenvalue weighted by Gasteiger charge is -2.27. The van der Waals surface area contributed by atoms with Crippen molar-refractivity contribution in [3.8, 4) is 0 Å². The van der Waals surface area contributed by atoms with Crippen molar-refractivity contribution in [1.29, 1.82) is 0 Å². The van der Waals surface area contributed by atoms with E-state index in [-0.39, 0.29) is 35.5 Å². The maximum atomic E-state index is 12.7. The molecule has 29 heavy (non-hydrogen) atoms. The van der Waals surface area contributed by atoms with Crippen LogP contribution in [0.5, 0.6) is 0 Å². The molecule has 3 rings (SSSR count). The maximum absolute atomic E-state index is 12.7. The molecule has 156 valence electrons. The first-order valence-corrected chi connectivity index (χ1v) is 10.0. The van der Waals surface area contributed by atoms with Crippen molar-refractivity contribution in [3.63, 3.8) is 0 Å². The third-order valence-corrected chi connectivity index (χ3v) is 5.28. The second-order valence-electron chi connectivity index (χ2n) is 7.41. The number of hydrogen-bond acceptors (Lipinski definition) is 5. The van der Waals surface area contributed by atoms with Gasteiger partial charge in [0.2, 0.25) is 5.91 Å². The monoisotopic (exact) mass is 419 g/mol. The molecule has 1 saturated heterocycles. The van der Waals surface area contributed by atoms with Crippen molar-refractivity contribution < 1.29 is 14.3 Å². The number of methoxy groups -OCH3 is 1. The number of ether oxygens (including phenoxy) is 1. The highest BCUT2D eigenvalue weighted by Gasteiger charge is 2.41. The van der Waals surface area contributed by atoms with Gasteiger partial charge in [-0.25, -0.2) is 0 Å². The summed E-state index contributed by atoms with van der Waals surface area (Å²) in [6.07, 6.45) is 5.62. The van der Waals surface area contributed by atoms with E-state index in [0.717, 1.165) is 5.56 Å². The van der Waals surface area contributed by atoms with E-state index in [1.165, 1.54) is 12.3 Å². The van der Waals surface area contributed by atoms with Crippen molar-refractivity contribution in [3.05, 3.63) is 47.0 Å². The first-order valence-electron chi connectivity index (χ1n) is 9.63. The van der Waals surface area contributed by atoms with Crippen molar-refractivity contribution in [1.82, 2.24) is 25.0 Å². The number of carbonyl (C=O) groups is 2. The molecule has 1 N–H and O–H groups in total. The fourth-order valence-electron chi connectivity index (χ4n) is 3.58. The number of aromatic nitrogens is 3. The van der Waals surface area contributed by atoms with Gasteiger partial charge in [0.1, 0.15) is 5.69 Å². The minimum Gasteiger partial charge on any atom is -0.383 e. The van der Waals surface area contributed by atoms with Crippen molar-refractivity contribution in [2.45, 2.75) is 32.4 Å². The summed E-state index contributed by atoms with van der Waals surface area (Å²) < 4.78 is 7.05. The van der Waals surface area contributed by atoms with E-state index in [2.05, 4.69) is 29.2 Å². The van der Waals surface area contributed by atoms with E-state index >= 15 is 0 Å². The van der Waals surface area contributed by atoms with Crippen LogP contribution >= 0.6 is 11.6 Å². The van der Waals surface area contributed by atoms with Crippen LogP contribution in [0.15, 0.2) is 30.7 Å². The number of nitrogens with zero attached hydrogens (tertiary/aromatic N) is 4. The summed E-state index contributed by atoms with van der Waals surface area (Å²) in [7, 11) is 1.61. The first kappa shape index (κ1) is 21.3. The van der Waals surface area contributed by atoms with Crippen molar-refractivity contribution in [2.75, 3.05) is 26.8 Å². The molecule has 0 saturated carbocycles. The fraction of sp³-hybridized carbons (Fsp3) is 0.500. The highest BCUT2D eigenvalue weighted by molar-refractivity contribution is 6.30. The summed E-state index contributed by atoms with van der Waals surface area (Å²) >= 11 is 5.94. The molecular weight excluding hydrogens is 394 g/mol. The average Bonchev–Trinajstić information content (AvgIpc) is 3.29. The minimum atomic E-state index is -0.313. The second kappa shape index (κ2) is 9.37. The molecule has 0 spiro atoms. The predicted octanol–water partition coefficient (Wildman–Crippen LogP) is 2.48. The standard InChI is InChI=1S/C20H26ClN5O3/c1-13(2)26-12-15(11-24-26)19-14(8-18(27)25(19)6-7-29-3)10-23-20(28)17-9-16(21)4-5-22-17/h4-5,9,11-14,19H,6-8,10H2,1-3H3,(H,23,28)/t14-,19+/m0/s1. The van der Waals surface area contributed by atoms with Crippen LogP contribution < -0.4 is 5.32 Å². The van der Waals surface area contributed by atoms with Crippen LogP contribution in [0.4, 0.5) is 0 Å². The Bertz CT molecular complexity index is 869. The van der Waals surface area contributed by atoms with Crippen molar-refractivity contribution >= 4 is 23.4 Å². The summed E-state index contributed by atoms with van der Waals surface area (Å²) in [5.41, 5.74) is 1.21. The highest BCUT2D eigenvalue weighted by atomic mass is 35.5. The number of rotatable bonds is 8. The maximum Gasteiger partial charge on any atom is 0.269 e. The van der Waals surface area contributed by atoms with Gasteiger partial charge < -0.3 is 15.0 Å². The summed E-state index contributed by atoms with van der Waals surface area (Å²) in [6, 6.07) is 3.19. The molecule has 1 fully saturated rings. The Morgan fingerprint density at radius 3 is 2.90 bits per heavy atom. The van der Waals surface area contributed by atoms with Gasteiger partial charge in [0.25, 0.3) is 5.91 Å². The Hall–Kier alpha value is -2.45. The Morgan fingerprint density at radius 1 is 1.45 bits per heavy atom. The Balaban J connectivity index is 1.77. The molecule has 8 nitrogen and oxygen atoms in total. The zero-order valence-electron chi connectivity index (χ0n) is 16.8. The second-order valence-corrected chi connectivity index (χ2v) is 7.84. The largest absolute Gasteiger partial charge is 0.383 e. The zero-order valence-corrected chi connectivity index (χ0v) is 17.6. The van der Waals surface area contributed by atoms with E-state index in [4.69, 9.17) is 16.3 Å². The van der Waals surface area contributed by atoms with Crippen LogP contribution in [0.3, 0.4) is 0 Å². The summed E-state index contributed by atoms with van der Waals surface area (Å²) in [6.45, 7) is 5.39. The molecule has 9 heteroatoms. The zero-order chi connectivity index (χ0) is 21.0. The molecule has 0 bridgehead atoms. The SMILES string of the molecule is COCCN1C(=O)C[C@@H](CNC(=O)c2cc(Cl)ccn2)[C@@H]1c1cnn(C(C)C)c1. The Labute approximate surface area is 175 Å². The van der Waals surface area contributed by atoms with E-state index in [9.17, 15) is 9.59 Å². The molecule has 2 atom stereocenters. The number of amides is 2. The summed E-state index contributed by atoms with van der Waals surface area (Å²) in [5, 5.41) is 7.77. The number of halogens is 1. The molecule has 0 radical (unpaired) electrons. The molecule has 1 aliphatic rings. The summed E-state index contributed by atoms with van der Waals surface area (Å²) in [5.74, 6) is -0.344. The Kier molecular flexibility index (Phi) is 6.87. The number of nitrogens with one attached hydrogen (secondary N) is 1. The predicted molar refractivity (Wildman–Crippen MR) is 109 cm³/mol. The molecule has 2 amide bonds. The van der Waals surface area contributed by atoms with Crippen LogP contribution in [0, 0.1) is 5.92 Å². The van der Waals surface area contributed by atoms with E-state index < -0.39 is 0 Å². The van der Waals surface area contributed by atoms with Gasteiger partial charge in [-0.2, -0.15) is 5.10 Å². The van der Waals surface area contributed by atoms with Crippen LogP contribution in [0.2, 0.25) is 5.02 Å². The third kappa shape index (κ3) is 4.94. The molecule has 0 aromatic carbocycles. The lowest BCUT2D eigenvalue weighted by Crippen LogP contribution is -2.35. The number of carbonyl (C=O) groups excluding carboxylic acids is 2. The number of pyridine rings is 1. The smallest absolute Gasteiger partial charge is 0.269 e. The van der Waals surface area contributed by atoms with E-state index in [1.807, 2.05) is 15.8 Å². The molecule has 2 aromatic rings. The van der Waals surface area contributed by atoms with Crippen LogP contribution in [0.25, 0.3) is 0 Å². The van der Waals surface area contributed by atoms with Gasteiger partial charge in [0.05, 0.1) is 18.8 Å². The van der Waals surface area contributed by atoms with Crippen LogP contribution in [0.1, 0.15) is 48.4 Å². The number of likely N-dealkylation sites (tertiary alicyclic amines) is 1. The lowest BCUT2D eigenvalue weighted by molar-refractivity contribution is -0.129. The van der Waals surface area contributed by atoms with Crippen LogP contribution in [-0.2, 0) is 9.53 Å². The third-order valence-electron chi connectivity index (χ3n) is 5.05. The normalized spacial score (nSPS) is 19.2. The summed E-state index contributed by atoms with van der Waals surface area (Å²) in [4.78, 5) is 31.0. The van der Waals surface area contributed by atoms with Gasteiger partial charge in [0, 0.05) is 61.6 Å². The topological polar surface area (TPSA) is 89.3 Å². The van der Waals surface area contributed by atoms with E-state index in [1.54, 1.807) is 19.4 Å². The van der Waals surface area contributed by atoms with Gasteiger partial charge in [-0.15, -0.1) is 0 Å². The molecule has 2 aromatic heterocycles. The molecular formula is C20H26ClN5O3. The van der Waals surface area contributed by atoms with Gasteiger partial charge in [0.15, 0.2) is 0 Å². The Morgan fingerprint density at radius 2 is 2.24 bits per heavy atom. The quantitative estimate of drug-likeness (QED) is 0.710. The lowest BCUT2D eigenvalue weighted by atomic mass is 9.95. The van der Waals surface area contributed by atoms with Gasteiger partial charge in [-0.1, -0.05) is 11.6 Å². The first-order chi connectivity index (χ1) is 13.9. The van der Waals surface area contributed by atoms with Crippen molar-refractivity contribution in [2.24, 2.45) is 5.92 Å². The minimum absolute atomic E-state index is 0.0458. The van der Waals surface area contributed by atoms with Gasteiger partial charge >= 0.3 is 0 Å². The molecule has 1 aliphatic heterocycles. The number of hydrogen-bond donors (Lipinski definition) is 1. The van der Waals surface area contributed by atoms with E-state index in [0.29, 0.717) is 31.1 Å². The molecule has 3 heterocycles. The highest BCUT2D eigenvalue weighted by Crippen LogP contribution is 2.37. The van der Waals surface area contributed by atoms with Crippen LogP contribution in [-0.4, -0.2) is 58.3 Å².